The molecule has 0 aliphatic heterocycles. The van der Waals surface area contributed by atoms with Gasteiger partial charge in [0.1, 0.15) is 17.2 Å². The van der Waals surface area contributed by atoms with Crippen LogP contribution >= 0.6 is 0 Å². The summed E-state index contributed by atoms with van der Waals surface area (Å²) in [6.07, 6.45) is 0. The van der Waals surface area contributed by atoms with Crippen molar-refractivity contribution in [3.8, 4) is 17.2 Å². The Morgan fingerprint density at radius 3 is 2.16 bits per heavy atom. The van der Waals surface area contributed by atoms with E-state index in [1.807, 2.05) is 6.92 Å². The van der Waals surface area contributed by atoms with Gasteiger partial charge in [0.05, 0.1) is 25.7 Å². The number of rotatable bonds is 8. The second kappa shape index (κ2) is 8.22. The smallest absolute Gasteiger partial charge is 0.243 e. The van der Waals surface area contributed by atoms with Gasteiger partial charge in [0.15, 0.2) is 0 Å². The fourth-order valence-electron chi connectivity index (χ4n) is 2.36. The monoisotopic (exact) mass is 365 g/mol. The molecule has 0 spiro atoms. The zero-order valence-electron chi connectivity index (χ0n) is 14.9. The van der Waals surface area contributed by atoms with Crippen LogP contribution in [0, 0.1) is 0 Å². The maximum Gasteiger partial charge on any atom is 0.243 e. The van der Waals surface area contributed by atoms with Crippen LogP contribution in [0.5, 0.6) is 17.2 Å². The van der Waals surface area contributed by atoms with Crippen molar-refractivity contribution in [2.24, 2.45) is 0 Å². The van der Waals surface area contributed by atoms with E-state index in [2.05, 4.69) is 0 Å². The van der Waals surface area contributed by atoms with E-state index in [1.54, 1.807) is 56.7 Å². The van der Waals surface area contributed by atoms with Crippen LogP contribution in [-0.4, -0.2) is 40.6 Å². The Kier molecular flexibility index (Phi) is 6.27. The van der Waals surface area contributed by atoms with Crippen LogP contribution in [0.25, 0.3) is 0 Å². The van der Waals surface area contributed by atoms with Gasteiger partial charge in [0.25, 0.3) is 0 Å². The highest BCUT2D eigenvalue weighted by Crippen LogP contribution is 2.27. The molecule has 0 bridgehead atoms. The Hall–Kier alpha value is -2.25. The largest absolute Gasteiger partial charge is 0.497 e. The fourth-order valence-corrected chi connectivity index (χ4v) is 3.51. The normalized spacial score (nSPS) is 11.4. The van der Waals surface area contributed by atoms with Gasteiger partial charge < -0.3 is 14.2 Å². The van der Waals surface area contributed by atoms with E-state index in [0.717, 1.165) is 5.56 Å². The molecule has 136 valence electrons. The van der Waals surface area contributed by atoms with Gasteiger partial charge in [-0.2, -0.15) is 4.31 Å². The van der Waals surface area contributed by atoms with Gasteiger partial charge in [-0.3, -0.25) is 0 Å². The van der Waals surface area contributed by atoms with Crippen molar-refractivity contribution in [1.82, 2.24) is 4.31 Å². The van der Waals surface area contributed by atoms with Crippen molar-refractivity contribution in [2.45, 2.75) is 18.4 Å². The Labute approximate surface area is 149 Å². The zero-order chi connectivity index (χ0) is 18.4. The molecular weight excluding hydrogens is 342 g/mol. The number of nitrogens with zero attached hydrogens (tertiary/aromatic N) is 1. The third-order valence-corrected chi connectivity index (χ3v) is 5.55. The number of hydrogen-bond acceptors (Lipinski definition) is 5. The van der Waals surface area contributed by atoms with E-state index in [-0.39, 0.29) is 11.4 Å². The highest BCUT2D eigenvalue weighted by atomic mass is 32.2. The summed E-state index contributed by atoms with van der Waals surface area (Å²) in [6, 6.07) is 11.7. The highest BCUT2D eigenvalue weighted by Gasteiger charge is 2.22. The van der Waals surface area contributed by atoms with Gasteiger partial charge in [0.2, 0.25) is 10.0 Å². The summed E-state index contributed by atoms with van der Waals surface area (Å²) in [5.41, 5.74) is 0.750. The summed E-state index contributed by atoms with van der Waals surface area (Å²) >= 11 is 0. The molecule has 0 amide bonds. The molecule has 0 saturated carbocycles. The van der Waals surface area contributed by atoms with Gasteiger partial charge in [-0.1, -0.05) is 6.07 Å². The molecular formula is C18H23NO5S. The van der Waals surface area contributed by atoms with Gasteiger partial charge in [0, 0.05) is 25.2 Å². The predicted molar refractivity (Wildman–Crippen MR) is 95.8 cm³/mol. The zero-order valence-corrected chi connectivity index (χ0v) is 15.7. The van der Waals surface area contributed by atoms with E-state index in [9.17, 15) is 8.42 Å². The fraction of sp³-hybridized carbons (Fsp3) is 0.333. The lowest BCUT2D eigenvalue weighted by molar-refractivity contribution is 0.340. The van der Waals surface area contributed by atoms with Crippen LogP contribution in [0.15, 0.2) is 47.4 Å². The Morgan fingerprint density at radius 2 is 1.60 bits per heavy atom. The Balaban J connectivity index is 2.22. The van der Waals surface area contributed by atoms with Crippen molar-refractivity contribution in [3.63, 3.8) is 0 Å². The molecule has 25 heavy (non-hydrogen) atoms. The van der Waals surface area contributed by atoms with E-state index in [0.29, 0.717) is 23.9 Å². The number of ether oxygens (including phenoxy) is 3. The van der Waals surface area contributed by atoms with Gasteiger partial charge in [-0.15, -0.1) is 0 Å². The minimum atomic E-state index is -3.62. The molecule has 0 heterocycles. The third-order valence-electron chi connectivity index (χ3n) is 3.73. The lowest BCUT2D eigenvalue weighted by atomic mass is 10.2. The first-order valence-corrected chi connectivity index (χ1v) is 9.26. The second-order valence-electron chi connectivity index (χ2n) is 5.34. The number of hydrogen-bond donors (Lipinski definition) is 0. The summed E-state index contributed by atoms with van der Waals surface area (Å²) in [5, 5.41) is 0. The number of benzene rings is 2. The van der Waals surface area contributed by atoms with E-state index >= 15 is 0 Å². The van der Waals surface area contributed by atoms with Crippen LogP contribution in [0.2, 0.25) is 0 Å². The van der Waals surface area contributed by atoms with Crippen molar-refractivity contribution < 1.29 is 22.6 Å². The maximum atomic E-state index is 12.7. The lowest BCUT2D eigenvalue weighted by Crippen LogP contribution is -2.26. The number of methoxy groups -OCH3 is 2. The van der Waals surface area contributed by atoms with Gasteiger partial charge >= 0.3 is 0 Å². The molecule has 6 nitrogen and oxygen atoms in total. The highest BCUT2D eigenvalue weighted by molar-refractivity contribution is 7.89. The van der Waals surface area contributed by atoms with Gasteiger partial charge in [-0.25, -0.2) is 8.42 Å². The summed E-state index contributed by atoms with van der Waals surface area (Å²) in [7, 11) is 1.03. The van der Waals surface area contributed by atoms with Crippen molar-refractivity contribution in [2.75, 3.05) is 27.9 Å². The summed E-state index contributed by atoms with van der Waals surface area (Å²) < 4.78 is 42.6. The maximum absolute atomic E-state index is 12.7. The molecule has 0 aromatic heterocycles. The second-order valence-corrected chi connectivity index (χ2v) is 7.39. The topological polar surface area (TPSA) is 65.1 Å². The number of sulfonamides is 1. The summed E-state index contributed by atoms with van der Waals surface area (Å²) in [6.45, 7) is 2.59. The van der Waals surface area contributed by atoms with Gasteiger partial charge in [-0.05, 0) is 37.3 Å². The van der Waals surface area contributed by atoms with Crippen molar-refractivity contribution in [3.05, 3.63) is 48.0 Å². The summed E-state index contributed by atoms with van der Waals surface area (Å²) in [5.74, 6) is 1.87. The van der Waals surface area contributed by atoms with Crippen molar-refractivity contribution >= 4 is 10.0 Å². The Morgan fingerprint density at radius 1 is 0.960 bits per heavy atom. The predicted octanol–water partition coefficient (Wildman–Crippen LogP) is 2.92. The minimum absolute atomic E-state index is 0.183. The van der Waals surface area contributed by atoms with Crippen molar-refractivity contribution in [1.29, 1.82) is 0 Å². The van der Waals surface area contributed by atoms with Crippen LogP contribution in [0.1, 0.15) is 12.5 Å². The molecule has 2 aromatic rings. The molecule has 0 atom stereocenters. The molecule has 0 fully saturated rings. The molecule has 0 aliphatic carbocycles. The van der Waals surface area contributed by atoms with Crippen LogP contribution in [0.4, 0.5) is 0 Å². The SMILES string of the molecule is CCOc1ccc(S(=O)(=O)N(C)Cc2ccc(OC)cc2OC)cc1. The summed E-state index contributed by atoms with van der Waals surface area (Å²) in [4.78, 5) is 0.214. The molecule has 0 N–H and O–H groups in total. The van der Waals surface area contributed by atoms with E-state index in [4.69, 9.17) is 14.2 Å². The van der Waals surface area contributed by atoms with Crippen LogP contribution in [0.3, 0.4) is 0 Å². The molecule has 2 rings (SSSR count). The average molecular weight is 365 g/mol. The Bertz CT molecular complexity index is 803. The first-order valence-electron chi connectivity index (χ1n) is 7.82. The molecule has 0 saturated heterocycles. The standard InChI is InChI=1S/C18H23NO5S/c1-5-24-15-8-10-17(11-9-15)25(20,21)19(2)13-14-6-7-16(22-3)12-18(14)23-4/h6-12H,5,13H2,1-4H3. The molecule has 2 aromatic carbocycles. The first kappa shape index (κ1) is 19.1. The van der Waals surface area contributed by atoms with E-state index in [1.165, 1.54) is 11.4 Å². The van der Waals surface area contributed by atoms with Crippen LogP contribution in [-0.2, 0) is 16.6 Å². The first-order chi connectivity index (χ1) is 11.9. The lowest BCUT2D eigenvalue weighted by Gasteiger charge is -2.19. The minimum Gasteiger partial charge on any atom is -0.497 e. The van der Waals surface area contributed by atoms with Crippen LogP contribution < -0.4 is 14.2 Å². The average Bonchev–Trinajstić information content (AvgIpc) is 2.62. The molecule has 0 radical (unpaired) electrons. The third kappa shape index (κ3) is 4.43. The molecule has 7 heteroatoms. The molecule has 0 unspecified atom stereocenters. The molecule has 0 aliphatic rings. The quantitative estimate of drug-likeness (QED) is 0.720. The van der Waals surface area contributed by atoms with E-state index < -0.39 is 10.0 Å².